The normalized spacial score (nSPS) is 10.8. The topological polar surface area (TPSA) is 40.5 Å². The number of nitrogens with zero attached hydrogens (tertiary/aromatic N) is 1. The minimum absolute atomic E-state index is 0.188. The van der Waals surface area contributed by atoms with Crippen molar-refractivity contribution in [2.75, 3.05) is 13.6 Å². The Morgan fingerprint density at radius 2 is 1.95 bits per heavy atom. The zero-order valence-electron chi connectivity index (χ0n) is 10.9. The highest BCUT2D eigenvalue weighted by atomic mass is 32.1. The molecule has 0 atom stereocenters. The second-order valence-electron chi connectivity index (χ2n) is 4.51. The van der Waals surface area contributed by atoms with Gasteiger partial charge in [0.05, 0.1) is 6.42 Å². The van der Waals surface area contributed by atoms with E-state index in [0.717, 1.165) is 6.54 Å². The molecule has 1 heterocycles. The molecule has 4 heteroatoms. The van der Waals surface area contributed by atoms with E-state index in [2.05, 4.69) is 24.3 Å². The highest BCUT2D eigenvalue weighted by molar-refractivity contribution is 7.15. The lowest BCUT2D eigenvalue weighted by atomic mass is 10.2. The van der Waals surface area contributed by atoms with Crippen LogP contribution >= 0.6 is 11.3 Å². The fraction of sp³-hybridized carbons (Fsp3) is 0.267. The number of carbonyl (C=O) groups is 1. The number of hydrogen-bond acceptors (Lipinski definition) is 3. The molecule has 0 unspecified atom stereocenters. The van der Waals surface area contributed by atoms with Crippen molar-refractivity contribution in [3.05, 3.63) is 47.3 Å². The first-order valence-corrected chi connectivity index (χ1v) is 7.01. The Morgan fingerprint density at radius 1 is 1.21 bits per heavy atom. The molecule has 19 heavy (non-hydrogen) atoms. The maximum atomic E-state index is 10.5. The van der Waals surface area contributed by atoms with Gasteiger partial charge in [0, 0.05) is 22.8 Å². The highest BCUT2D eigenvalue weighted by Crippen LogP contribution is 2.28. The summed E-state index contributed by atoms with van der Waals surface area (Å²) in [6.45, 7) is 1.37. The maximum absolute atomic E-state index is 10.5. The summed E-state index contributed by atoms with van der Waals surface area (Å²) in [5, 5.41) is 8.66. The quantitative estimate of drug-likeness (QED) is 0.879. The van der Waals surface area contributed by atoms with Gasteiger partial charge in [0.15, 0.2) is 0 Å². The van der Waals surface area contributed by atoms with E-state index in [-0.39, 0.29) is 6.42 Å². The molecule has 0 amide bonds. The van der Waals surface area contributed by atoms with Crippen molar-refractivity contribution in [2.24, 2.45) is 0 Å². The van der Waals surface area contributed by atoms with Gasteiger partial charge >= 0.3 is 5.97 Å². The third-order valence-corrected chi connectivity index (χ3v) is 3.97. The molecule has 2 rings (SSSR count). The van der Waals surface area contributed by atoms with Crippen LogP contribution < -0.4 is 0 Å². The van der Waals surface area contributed by atoms with Crippen LogP contribution in [0.3, 0.4) is 0 Å². The van der Waals surface area contributed by atoms with Crippen molar-refractivity contribution in [3.8, 4) is 10.4 Å². The number of benzene rings is 1. The van der Waals surface area contributed by atoms with Crippen LogP contribution in [-0.2, 0) is 11.3 Å². The zero-order valence-corrected chi connectivity index (χ0v) is 11.7. The van der Waals surface area contributed by atoms with Crippen LogP contribution in [0, 0.1) is 0 Å². The van der Waals surface area contributed by atoms with Crippen LogP contribution in [0.5, 0.6) is 0 Å². The Balaban J connectivity index is 1.96. The van der Waals surface area contributed by atoms with Crippen LogP contribution in [0.15, 0.2) is 42.5 Å². The molecule has 0 bridgehead atoms. The molecular formula is C15H17NO2S. The van der Waals surface area contributed by atoms with Crippen LogP contribution in [0.1, 0.15) is 11.3 Å². The molecule has 0 saturated carbocycles. The molecule has 2 aromatic rings. The van der Waals surface area contributed by atoms with E-state index in [1.165, 1.54) is 15.3 Å². The fourth-order valence-corrected chi connectivity index (χ4v) is 2.95. The molecular weight excluding hydrogens is 258 g/mol. The Morgan fingerprint density at radius 3 is 2.63 bits per heavy atom. The van der Waals surface area contributed by atoms with E-state index in [4.69, 9.17) is 5.11 Å². The summed E-state index contributed by atoms with van der Waals surface area (Å²) in [6, 6.07) is 14.5. The van der Waals surface area contributed by atoms with Gasteiger partial charge in [-0.05, 0) is 24.7 Å². The van der Waals surface area contributed by atoms with Gasteiger partial charge in [-0.3, -0.25) is 4.79 Å². The van der Waals surface area contributed by atoms with E-state index in [1.54, 1.807) is 11.3 Å². The van der Waals surface area contributed by atoms with Crippen LogP contribution in [0.2, 0.25) is 0 Å². The molecule has 0 radical (unpaired) electrons. The minimum atomic E-state index is -0.747. The molecule has 1 aromatic heterocycles. The molecule has 0 spiro atoms. The van der Waals surface area contributed by atoms with E-state index >= 15 is 0 Å². The van der Waals surface area contributed by atoms with Gasteiger partial charge in [0.1, 0.15) is 0 Å². The summed E-state index contributed by atoms with van der Waals surface area (Å²) in [5.74, 6) is -0.747. The van der Waals surface area contributed by atoms with E-state index in [0.29, 0.717) is 6.54 Å². The third kappa shape index (κ3) is 4.19. The summed E-state index contributed by atoms with van der Waals surface area (Å²) in [4.78, 5) is 15.1. The zero-order chi connectivity index (χ0) is 13.7. The Bertz CT molecular complexity index is 536. The minimum Gasteiger partial charge on any atom is -0.481 e. The standard InChI is InChI=1S/C15H17NO2S/c1-16(10-9-15(17)18)11-13-7-8-14(19-13)12-5-3-2-4-6-12/h2-8H,9-11H2,1H3,(H,17,18). The number of carboxylic acid groups (broad SMARTS) is 1. The predicted molar refractivity (Wildman–Crippen MR) is 78.3 cm³/mol. The van der Waals surface area contributed by atoms with Crippen molar-refractivity contribution in [2.45, 2.75) is 13.0 Å². The van der Waals surface area contributed by atoms with Crippen LogP contribution in [0.25, 0.3) is 10.4 Å². The predicted octanol–water partition coefficient (Wildman–Crippen LogP) is 3.32. The second kappa shape index (κ2) is 6.50. The summed E-state index contributed by atoms with van der Waals surface area (Å²) in [5.41, 5.74) is 1.23. The summed E-state index contributed by atoms with van der Waals surface area (Å²) in [6.07, 6.45) is 0.188. The molecule has 0 aliphatic rings. The van der Waals surface area contributed by atoms with Crippen molar-refractivity contribution >= 4 is 17.3 Å². The summed E-state index contributed by atoms with van der Waals surface area (Å²) in [7, 11) is 1.95. The highest BCUT2D eigenvalue weighted by Gasteiger charge is 2.06. The first-order valence-electron chi connectivity index (χ1n) is 6.19. The maximum Gasteiger partial charge on any atom is 0.304 e. The van der Waals surface area contributed by atoms with Gasteiger partial charge in [0.2, 0.25) is 0 Å². The first kappa shape index (κ1) is 13.8. The number of carboxylic acids is 1. The Labute approximate surface area is 117 Å². The average Bonchev–Trinajstić information content (AvgIpc) is 2.86. The Hall–Kier alpha value is -1.65. The SMILES string of the molecule is CN(CCC(=O)O)Cc1ccc(-c2ccccc2)s1. The largest absolute Gasteiger partial charge is 0.481 e. The second-order valence-corrected chi connectivity index (χ2v) is 5.68. The molecule has 100 valence electrons. The molecule has 0 fully saturated rings. The van der Waals surface area contributed by atoms with Crippen molar-refractivity contribution in [3.63, 3.8) is 0 Å². The van der Waals surface area contributed by atoms with E-state index < -0.39 is 5.97 Å². The molecule has 0 aliphatic carbocycles. The number of aliphatic carboxylic acids is 1. The van der Waals surface area contributed by atoms with Gasteiger partial charge in [-0.25, -0.2) is 0 Å². The monoisotopic (exact) mass is 275 g/mol. The molecule has 1 aromatic carbocycles. The van der Waals surface area contributed by atoms with Crippen molar-refractivity contribution < 1.29 is 9.90 Å². The number of rotatable bonds is 6. The molecule has 3 nitrogen and oxygen atoms in total. The summed E-state index contributed by atoms with van der Waals surface area (Å²) >= 11 is 1.76. The lowest BCUT2D eigenvalue weighted by Gasteiger charge is -2.13. The number of thiophene rings is 1. The third-order valence-electron chi connectivity index (χ3n) is 2.85. The van der Waals surface area contributed by atoms with Gasteiger partial charge < -0.3 is 10.0 Å². The van der Waals surface area contributed by atoms with Gasteiger partial charge in [-0.15, -0.1) is 11.3 Å². The smallest absolute Gasteiger partial charge is 0.304 e. The van der Waals surface area contributed by atoms with Crippen molar-refractivity contribution in [1.82, 2.24) is 4.90 Å². The Kier molecular flexibility index (Phi) is 4.71. The molecule has 0 saturated heterocycles. The average molecular weight is 275 g/mol. The van der Waals surface area contributed by atoms with Gasteiger partial charge in [0.25, 0.3) is 0 Å². The summed E-state index contributed by atoms with van der Waals surface area (Å²) < 4.78 is 0. The number of hydrogen-bond donors (Lipinski definition) is 1. The first-order chi connectivity index (χ1) is 9.15. The van der Waals surface area contributed by atoms with E-state index in [9.17, 15) is 4.79 Å². The van der Waals surface area contributed by atoms with Gasteiger partial charge in [-0.2, -0.15) is 0 Å². The fourth-order valence-electron chi connectivity index (χ4n) is 1.85. The van der Waals surface area contributed by atoms with Gasteiger partial charge in [-0.1, -0.05) is 30.3 Å². The van der Waals surface area contributed by atoms with E-state index in [1.807, 2.05) is 30.1 Å². The molecule has 0 aliphatic heterocycles. The van der Waals surface area contributed by atoms with Crippen LogP contribution in [-0.4, -0.2) is 29.6 Å². The lowest BCUT2D eigenvalue weighted by molar-refractivity contribution is -0.137. The van der Waals surface area contributed by atoms with Crippen molar-refractivity contribution in [1.29, 1.82) is 0 Å². The molecule has 1 N–H and O–H groups in total. The van der Waals surface area contributed by atoms with Crippen LogP contribution in [0.4, 0.5) is 0 Å². The lowest BCUT2D eigenvalue weighted by Crippen LogP contribution is -2.20.